The Hall–Kier alpha value is -2.59. The number of hydrogen-bond acceptors (Lipinski definition) is 2. The van der Waals surface area contributed by atoms with Crippen LogP contribution in [0.5, 0.6) is 0 Å². The minimum absolute atomic E-state index is 0.00243. The normalized spacial score (nSPS) is 10.7. The van der Waals surface area contributed by atoms with Crippen molar-refractivity contribution in [3.8, 4) is 17.1 Å². The largest absolute Gasteiger partial charge is 0.476 e. The Morgan fingerprint density at radius 2 is 1.87 bits per heavy atom. The van der Waals surface area contributed by atoms with Crippen LogP contribution in [-0.4, -0.2) is 20.6 Å². The molecule has 2 aromatic carbocycles. The predicted octanol–water partition coefficient (Wildman–Crippen LogP) is 4.51. The molecule has 5 heteroatoms. The zero-order valence-corrected chi connectivity index (χ0v) is 13.5. The third-order valence-electron chi connectivity index (χ3n) is 3.81. The number of carboxylic acid groups (broad SMARTS) is 1. The molecule has 0 spiro atoms. The number of imidazole rings is 1. The molecule has 1 heterocycles. The Morgan fingerprint density at radius 3 is 2.57 bits per heavy atom. The van der Waals surface area contributed by atoms with Crippen LogP contribution in [0, 0.1) is 13.8 Å². The van der Waals surface area contributed by atoms with Crippen molar-refractivity contribution in [3.63, 3.8) is 0 Å². The van der Waals surface area contributed by atoms with Crippen molar-refractivity contribution in [3.05, 3.63) is 70.5 Å². The summed E-state index contributed by atoms with van der Waals surface area (Å²) in [6, 6.07) is 13.3. The van der Waals surface area contributed by atoms with Gasteiger partial charge in [0.05, 0.1) is 5.69 Å². The van der Waals surface area contributed by atoms with Crippen molar-refractivity contribution >= 4 is 17.6 Å². The highest BCUT2D eigenvalue weighted by atomic mass is 35.5. The van der Waals surface area contributed by atoms with E-state index in [1.807, 2.05) is 56.3 Å². The molecule has 4 nitrogen and oxygen atoms in total. The number of benzene rings is 2. The average molecular weight is 327 g/mol. The van der Waals surface area contributed by atoms with E-state index in [4.69, 9.17) is 11.6 Å². The molecule has 1 aromatic heterocycles. The number of carbonyl (C=O) groups is 1. The van der Waals surface area contributed by atoms with Crippen molar-refractivity contribution in [1.29, 1.82) is 0 Å². The molecule has 0 unspecified atom stereocenters. The lowest BCUT2D eigenvalue weighted by Crippen LogP contribution is -2.00. The molecule has 0 radical (unpaired) electrons. The van der Waals surface area contributed by atoms with Crippen molar-refractivity contribution in [2.45, 2.75) is 13.8 Å². The first-order valence-corrected chi connectivity index (χ1v) is 7.51. The third kappa shape index (κ3) is 2.73. The number of halogens is 1. The minimum atomic E-state index is -1.06. The zero-order chi connectivity index (χ0) is 16.6. The van der Waals surface area contributed by atoms with Gasteiger partial charge in [-0.25, -0.2) is 9.78 Å². The van der Waals surface area contributed by atoms with Gasteiger partial charge >= 0.3 is 5.97 Å². The molecule has 1 N–H and O–H groups in total. The molecule has 0 aliphatic carbocycles. The fourth-order valence-corrected chi connectivity index (χ4v) is 2.71. The second-order valence-electron chi connectivity index (χ2n) is 5.32. The quantitative estimate of drug-likeness (QED) is 0.770. The molecule has 0 fully saturated rings. The number of carboxylic acids is 1. The Morgan fingerprint density at radius 1 is 1.13 bits per heavy atom. The first-order valence-electron chi connectivity index (χ1n) is 7.13. The molecular weight excluding hydrogens is 312 g/mol. The van der Waals surface area contributed by atoms with Crippen LogP contribution in [0.15, 0.2) is 48.7 Å². The van der Waals surface area contributed by atoms with Gasteiger partial charge in [0.1, 0.15) is 5.82 Å². The van der Waals surface area contributed by atoms with Gasteiger partial charge in [-0.1, -0.05) is 41.9 Å². The van der Waals surface area contributed by atoms with E-state index in [9.17, 15) is 9.90 Å². The van der Waals surface area contributed by atoms with Gasteiger partial charge in [0.25, 0.3) is 0 Å². The SMILES string of the molecule is Cc1ccccc1-c1nc(C(=O)O)cn1-c1cccc(Cl)c1C. The summed E-state index contributed by atoms with van der Waals surface area (Å²) in [5, 5.41) is 9.94. The molecule has 0 aliphatic rings. The van der Waals surface area contributed by atoms with Crippen LogP contribution in [0.3, 0.4) is 0 Å². The van der Waals surface area contributed by atoms with E-state index in [2.05, 4.69) is 4.98 Å². The van der Waals surface area contributed by atoms with Crippen molar-refractivity contribution in [2.75, 3.05) is 0 Å². The summed E-state index contributed by atoms with van der Waals surface area (Å²) in [4.78, 5) is 15.7. The van der Waals surface area contributed by atoms with Gasteiger partial charge in [-0.15, -0.1) is 0 Å². The molecule has 3 rings (SSSR count). The Kier molecular flexibility index (Phi) is 3.92. The van der Waals surface area contributed by atoms with Gasteiger partial charge in [0.15, 0.2) is 5.69 Å². The summed E-state index contributed by atoms with van der Waals surface area (Å²) in [5.74, 6) is -0.468. The van der Waals surface area contributed by atoms with Crippen LogP contribution in [0.25, 0.3) is 17.1 Å². The third-order valence-corrected chi connectivity index (χ3v) is 4.22. The van der Waals surface area contributed by atoms with Gasteiger partial charge < -0.3 is 5.11 Å². The number of rotatable bonds is 3. The van der Waals surface area contributed by atoms with Crippen LogP contribution in [0.4, 0.5) is 0 Å². The number of hydrogen-bond donors (Lipinski definition) is 1. The van der Waals surface area contributed by atoms with E-state index in [1.54, 1.807) is 4.57 Å². The van der Waals surface area contributed by atoms with Crippen molar-refractivity contribution < 1.29 is 9.90 Å². The Balaban J connectivity index is 2.30. The van der Waals surface area contributed by atoms with E-state index in [0.29, 0.717) is 10.8 Å². The van der Waals surface area contributed by atoms with Gasteiger partial charge in [-0.05, 0) is 37.1 Å². The number of aromatic nitrogens is 2. The second kappa shape index (κ2) is 5.89. The molecule has 116 valence electrons. The second-order valence-corrected chi connectivity index (χ2v) is 5.73. The standard InChI is InChI=1S/C18H15ClN2O2/c1-11-6-3-4-7-13(11)17-20-15(18(22)23)10-21(17)16-9-5-8-14(19)12(16)2/h3-10H,1-2H3,(H,22,23). The summed E-state index contributed by atoms with van der Waals surface area (Å²) in [5.41, 5.74) is 3.60. The maximum atomic E-state index is 11.4. The molecular formula is C18H15ClN2O2. The molecule has 0 atom stereocenters. The van der Waals surface area contributed by atoms with E-state index in [1.165, 1.54) is 6.20 Å². The smallest absolute Gasteiger partial charge is 0.356 e. The fourth-order valence-electron chi connectivity index (χ4n) is 2.54. The van der Waals surface area contributed by atoms with E-state index < -0.39 is 5.97 Å². The maximum Gasteiger partial charge on any atom is 0.356 e. The minimum Gasteiger partial charge on any atom is -0.476 e. The lowest BCUT2D eigenvalue weighted by Gasteiger charge is -2.13. The average Bonchev–Trinajstić information content (AvgIpc) is 2.95. The molecule has 0 saturated heterocycles. The highest BCUT2D eigenvalue weighted by Gasteiger charge is 2.18. The van der Waals surface area contributed by atoms with Crippen molar-refractivity contribution in [1.82, 2.24) is 9.55 Å². The predicted molar refractivity (Wildman–Crippen MR) is 90.4 cm³/mol. The Labute approximate surface area is 139 Å². The van der Waals surface area contributed by atoms with Gasteiger partial charge in [-0.3, -0.25) is 4.57 Å². The van der Waals surface area contributed by atoms with E-state index in [0.717, 1.165) is 22.4 Å². The van der Waals surface area contributed by atoms with Crippen molar-refractivity contribution in [2.24, 2.45) is 0 Å². The number of aromatic carboxylic acids is 1. The molecule has 0 amide bonds. The van der Waals surface area contributed by atoms with E-state index in [-0.39, 0.29) is 5.69 Å². The van der Waals surface area contributed by atoms with Crippen LogP contribution in [0.1, 0.15) is 21.6 Å². The monoisotopic (exact) mass is 326 g/mol. The van der Waals surface area contributed by atoms with Crippen LogP contribution < -0.4 is 0 Å². The summed E-state index contributed by atoms with van der Waals surface area (Å²) in [6.07, 6.45) is 1.53. The fraction of sp³-hybridized carbons (Fsp3) is 0.111. The summed E-state index contributed by atoms with van der Waals surface area (Å²) < 4.78 is 1.78. The molecule has 23 heavy (non-hydrogen) atoms. The van der Waals surface area contributed by atoms with Crippen LogP contribution >= 0.6 is 11.6 Å². The lowest BCUT2D eigenvalue weighted by molar-refractivity contribution is 0.0691. The maximum absolute atomic E-state index is 11.4. The summed E-state index contributed by atoms with van der Waals surface area (Å²) >= 11 is 6.21. The summed E-state index contributed by atoms with van der Waals surface area (Å²) in [7, 11) is 0. The Bertz CT molecular complexity index is 900. The van der Waals surface area contributed by atoms with Gasteiger partial charge in [0.2, 0.25) is 0 Å². The first kappa shape index (κ1) is 15.3. The number of nitrogens with zero attached hydrogens (tertiary/aromatic N) is 2. The summed E-state index contributed by atoms with van der Waals surface area (Å²) in [6.45, 7) is 3.87. The van der Waals surface area contributed by atoms with Crippen LogP contribution in [0.2, 0.25) is 5.02 Å². The highest BCUT2D eigenvalue weighted by Crippen LogP contribution is 2.29. The van der Waals surface area contributed by atoms with E-state index >= 15 is 0 Å². The molecule has 0 saturated carbocycles. The van der Waals surface area contributed by atoms with Gasteiger partial charge in [-0.2, -0.15) is 0 Å². The van der Waals surface area contributed by atoms with Crippen LogP contribution in [-0.2, 0) is 0 Å². The zero-order valence-electron chi connectivity index (χ0n) is 12.7. The first-order chi connectivity index (χ1) is 11.0. The number of aryl methyl sites for hydroxylation is 1. The highest BCUT2D eigenvalue weighted by molar-refractivity contribution is 6.31. The molecule has 0 aliphatic heterocycles. The molecule has 0 bridgehead atoms. The van der Waals surface area contributed by atoms with Gasteiger partial charge in [0, 0.05) is 16.8 Å². The molecule has 3 aromatic rings. The lowest BCUT2D eigenvalue weighted by atomic mass is 10.1. The topological polar surface area (TPSA) is 55.1 Å².